The predicted octanol–water partition coefficient (Wildman–Crippen LogP) is 5.17. The molecule has 3 aromatic rings. The summed E-state index contributed by atoms with van der Waals surface area (Å²) in [4.78, 5) is 20.2. The molecular weight excluding hydrogens is 537 g/mol. The second kappa shape index (κ2) is 9.24. The lowest BCUT2D eigenvalue weighted by atomic mass is 9.99. The highest BCUT2D eigenvalue weighted by molar-refractivity contribution is 7.93. The second-order valence-corrected chi connectivity index (χ2v) is 11.5. The summed E-state index contributed by atoms with van der Waals surface area (Å²) in [5.74, 6) is -0.0750. The minimum absolute atomic E-state index is 0.0750. The Kier molecular flexibility index (Phi) is 6.38. The minimum atomic E-state index is -4.66. The van der Waals surface area contributed by atoms with Crippen LogP contribution in [0.25, 0.3) is 0 Å². The van der Waals surface area contributed by atoms with Crippen LogP contribution >= 0.6 is 22.9 Å². The Balaban J connectivity index is 1.30. The monoisotopic (exact) mass is 556 g/mol. The van der Waals surface area contributed by atoms with Gasteiger partial charge in [-0.25, -0.2) is 13.4 Å². The van der Waals surface area contributed by atoms with Crippen molar-refractivity contribution in [1.29, 1.82) is 0 Å². The van der Waals surface area contributed by atoms with E-state index in [0.29, 0.717) is 35.0 Å². The molecule has 13 heteroatoms. The van der Waals surface area contributed by atoms with Crippen LogP contribution in [0.15, 0.2) is 52.7 Å². The fraction of sp³-hybridized carbons (Fsp3) is 0.304. The molecule has 1 saturated heterocycles. The molecule has 0 aliphatic carbocycles. The van der Waals surface area contributed by atoms with Gasteiger partial charge in [-0.3, -0.25) is 9.52 Å². The van der Waals surface area contributed by atoms with Gasteiger partial charge in [0.05, 0.1) is 4.90 Å². The Bertz CT molecular complexity index is 1410. The number of nitrogens with zero attached hydrogens (tertiary/aromatic N) is 3. The quantitative estimate of drug-likeness (QED) is 0.468. The van der Waals surface area contributed by atoms with Gasteiger partial charge < -0.3 is 9.80 Å². The topological polar surface area (TPSA) is 82.6 Å². The fourth-order valence-corrected chi connectivity index (χ4v) is 6.72. The molecular formula is C23H20ClF3N4O3S2. The van der Waals surface area contributed by atoms with Gasteiger partial charge in [0.15, 0.2) is 10.8 Å². The second-order valence-electron chi connectivity index (χ2n) is 8.50. The van der Waals surface area contributed by atoms with Crippen LogP contribution in [-0.2, 0) is 27.4 Å². The maximum Gasteiger partial charge on any atom is 0.434 e. The summed E-state index contributed by atoms with van der Waals surface area (Å²) in [5.41, 5.74) is 1.50. The molecule has 7 nitrogen and oxygen atoms in total. The highest BCUT2D eigenvalue weighted by Crippen LogP contribution is 2.35. The van der Waals surface area contributed by atoms with E-state index in [1.807, 2.05) is 18.2 Å². The number of carbonyl (C=O) groups is 1. The smallest absolute Gasteiger partial charge is 0.359 e. The molecule has 0 saturated carbocycles. The van der Waals surface area contributed by atoms with E-state index in [4.69, 9.17) is 11.6 Å². The summed E-state index contributed by atoms with van der Waals surface area (Å²) >= 11 is 6.68. The lowest BCUT2D eigenvalue weighted by molar-refractivity contribution is -0.140. The zero-order chi connectivity index (χ0) is 25.7. The number of amides is 1. The Labute approximate surface area is 214 Å². The third kappa shape index (κ3) is 4.76. The van der Waals surface area contributed by atoms with Crippen LogP contribution in [-0.4, -0.2) is 38.4 Å². The van der Waals surface area contributed by atoms with E-state index in [1.165, 1.54) is 24.3 Å². The maximum absolute atomic E-state index is 13.3. The molecule has 3 heterocycles. The predicted molar refractivity (Wildman–Crippen MR) is 132 cm³/mol. The van der Waals surface area contributed by atoms with Gasteiger partial charge in [0.25, 0.3) is 10.0 Å². The number of fused-ring (bicyclic) bond motifs is 1. The van der Waals surface area contributed by atoms with Crippen molar-refractivity contribution in [2.75, 3.05) is 27.6 Å². The molecule has 2 aliphatic heterocycles. The lowest BCUT2D eigenvalue weighted by Gasteiger charge is -2.35. The fourth-order valence-electron chi connectivity index (χ4n) is 4.56. The minimum Gasteiger partial charge on any atom is -0.359 e. The first-order valence-corrected chi connectivity index (χ1v) is 13.8. The molecule has 36 heavy (non-hydrogen) atoms. The Hall–Kier alpha value is -2.83. The molecule has 2 aromatic carbocycles. The van der Waals surface area contributed by atoms with Crippen LogP contribution in [0.2, 0.25) is 5.02 Å². The van der Waals surface area contributed by atoms with Crippen molar-refractivity contribution >= 4 is 55.4 Å². The van der Waals surface area contributed by atoms with Crippen molar-refractivity contribution in [2.45, 2.75) is 36.4 Å². The number of rotatable bonds is 5. The van der Waals surface area contributed by atoms with Gasteiger partial charge in [-0.2, -0.15) is 13.2 Å². The zero-order valence-electron chi connectivity index (χ0n) is 18.6. The van der Waals surface area contributed by atoms with Crippen molar-refractivity contribution in [1.82, 2.24) is 4.98 Å². The number of thiazole rings is 1. The summed E-state index contributed by atoms with van der Waals surface area (Å²) in [5, 5.41) is 1.02. The number of hydrogen-bond donors (Lipinski definition) is 1. The van der Waals surface area contributed by atoms with Crippen molar-refractivity contribution in [3.05, 3.63) is 64.1 Å². The van der Waals surface area contributed by atoms with E-state index in [9.17, 15) is 26.4 Å². The third-order valence-electron chi connectivity index (χ3n) is 6.22. The van der Waals surface area contributed by atoms with Gasteiger partial charge in [-0.15, -0.1) is 11.3 Å². The van der Waals surface area contributed by atoms with E-state index >= 15 is 0 Å². The van der Waals surface area contributed by atoms with Gasteiger partial charge in [-0.05, 0) is 67.3 Å². The van der Waals surface area contributed by atoms with E-state index in [1.54, 1.807) is 4.90 Å². The number of anilines is 3. The third-order valence-corrected chi connectivity index (χ3v) is 8.70. The number of nitrogens with one attached hydrogen (secondary N) is 1. The molecule has 1 amide bonds. The maximum atomic E-state index is 13.3. The lowest BCUT2D eigenvalue weighted by Crippen LogP contribution is -2.44. The van der Waals surface area contributed by atoms with Crippen LogP contribution < -0.4 is 14.5 Å². The van der Waals surface area contributed by atoms with E-state index < -0.39 is 21.9 Å². The van der Waals surface area contributed by atoms with E-state index in [-0.39, 0.29) is 22.0 Å². The van der Waals surface area contributed by atoms with Crippen molar-refractivity contribution in [2.24, 2.45) is 0 Å². The van der Waals surface area contributed by atoms with E-state index in [0.717, 1.165) is 36.0 Å². The number of halogens is 4. The molecule has 0 bridgehead atoms. The highest BCUT2D eigenvalue weighted by Gasteiger charge is 2.38. The number of aromatic nitrogens is 1. The standard InChI is InChI=1S/C23H20ClF3N4O3S2/c24-15-3-8-18-14(12-15)2-1-10-31(18)19-9-11-30(21(19)32)16-4-6-17(7-5-16)36(33,34)29-22-28-20(13-35-22)23(25,26)27/h3-8,12-13,19H,1-2,9-11H2,(H,28,29)/t19-/m1/s1. The number of sulfonamides is 1. The van der Waals surface area contributed by atoms with E-state index in [2.05, 4.69) is 14.6 Å². The van der Waals surface area contributed by atoms with Gasteiger partial charge in [0, 0.05) is 34.9 Å². The van der Waals surface area contributed by atoms with Gasteiger partial charge in [0.1, 0.15) is 6.04 Å². The molecule has 2 aliphatic rings. The van der Waals surface area contributed by atoms with Crippen molar-refractivity contribution in [3.8, 4) is 0 Å². The largest absolute Gasteiger partial charge is 0.434 e. The molecule has 1 N–H and O–H groups in total. The summed E-state index contributed by atoms with van der Waals surface area (Å²) in [6.45, 7) is 1.24. The van der Waals surface area contributed by atoms with Crippen LogP contribution in [0.4, 0.5) is 29.7 Å². The van der Waals surface area contributed by atoms with Crippen molar-refractivity contribution in [3.63, 3.8) is 0 Å². The van der Waals surface area contributed by atoms with Gasteiger partial charge in [0.2, 0.25) is 5.91 Å². The molecule has 0 radical (unpaired) electrons. The first kappa shape index (κ1) is 24.8. The Morgan fingerprint density at radius 2 is 1.86 bits per heavy atom. The average molecular weight is 557 g/mol. The number of hydrogen-bond acceptors (Lipinski definition) is 6. The van der Waals surface area contributed by atoms with Crippen LogP contribution in [0.1, 0.15) is 24.1 Å². The first-order chi connectivity index (χ1) is 17.0. The summed E-state index contributed by atoms with van der Waals surface area (Å²) in [6.07, 6.45) is -2.22. The SMILES string of the molecule is O=C1[C@H](N2CCCc3cc(Cl)ccc32)CCN1c1ccc(S(=O)(=O)Nc2nc(C(F)(F)F)cs2)cc1. The van der Waals surface area contributed by atoms with Crippen LogP contribution in [0.5, 0.6) is 0 Å². The zero-order valence-corrected chi connectivity index (χ0v) is 21.0. The molecule has 5 rings (SSSR count). The van der Waals surface area contributed by atoms with Crippen molar-refractivity contribution < 1.29 is 26.4 Å². The summed E-state index contributed by atoms with van der Waals surface area (Å²) in [6, 6.07) is 11.0. The molecule has 1 fully saturated rings. The molecule has 190 valence electrons. The molecule has 1 aromatic heterocycles. The first-order valence-electron chi connectivity index (χ1n) is 11.0. The Morgan fingerprint density at radius 1 is 1.11 bits per heavy atom. The number of carbonyl (C=O) groups excluding carboxylic acids is 1. The summed E-state index contributed by atoms with van der Waals surface area (Å²) in [7, 11) is -4.16. The number of benzene rings is 2. The highest BCUT2D eigenvalue weighted by atomic mass is 35.5. The average Bonchev–Trinajstić information content (AvgIpc) is 3.45. The number of aryl methyl sites for hydroxylation is 1. The molecule has 0 unspecified atom stereocenters. The van der Waals surface area contributed by atoms with Crippen LogP contribution in [0.3, 0.4) is 0 Å². The Morgan fingerprint density at radius 3 is 2.56 bits per heavy atom. The molecule has 0 spiro atoms. The van der Waals surface area contributed by atoms with Crippen LogP contribution in [0, 0.1) is 0 Å². The summed E-state index contributed by atoms with van der Waals surface area (Å²) < 4.78 is 65.6. The molecule has 1 atom stereocenters. The number of alkyl halides is 3. The normalized spacial score (nSPS) is 18.4. The van der Waals surface area contributed by atoms with Gasteiger partial charge in [-0.1, -0.05) is 11.6 Å². The van der Waals surface area contributed by atoms with Gasteiger partial charge >= 0.3 is 6.18 Å².